The van der Waals surface area contributed by atoms with Crippen LogP contribution in [0, 0.1) is 0 Å². The summed E-state index contributed by atoms with van der Waals surface area (Å²) in [4.78, 5) is 38.0. The van der Waals surface area contributed by atoms with Crippen LogP contribution in [0.25, 0.3) is 11.1 Å². The number of hydrogen-bond acceptors (Lipinski definition) is 4. The number of benzene rings is 3. The number of aryl methyl sites for hydroxylation is 1. The highest BCUT2D eigenvalue weighted by molar-refractivity contribution is 5.96. The summed E-state index contributed by atoms with van der Waals surface area (Å²) in [7, 11) is 0. The SMILES string of the molecule is CCCCCCCc1nn(C(=O)Cc2ccccc2)c(=O)n1Cc1ccc(-c2ccccc2C(=O)O)cc1. The van der Waals surface area contributed by atoms with Crippen molar-refractivity contribution < 1.29 is 14.7 Å². The molecule has 4 rings (SSSR count). The van der Waals surface area contributed by atoms with Crippen molar-refractivity contribution in [3.63, 3.8) is 0 Å². The zero-order valence-electron chi connectivity index (χ0n) is 21.7. The highest BCUT2D eigenvalue weighted by Gasteiger charge is 2.19. The number of nitrogens with zero attached hydrogens (tertiary/aromatic N) is 3. The molecule has 0 radical (unpaired) electrons. The van der Waals surface area contributed by atoms with E-state index in [2.05, 4.69) is 12.0 Å². The van der Waals surface area contributed by atoms with E-state index < -0.39 is 11.7 Å². The Labute approximate surface area is 222 Å². The molecule has 3 aromatic carbocycles. The number of carbonyl (C=O) groups excluding carboxylic acids is 1. The second kappa shape index (κ2) is 12.8. The molecular weight excluding hydrogens is 478 g/mol. The van der Waals surface area contributed by atoms with E-state index >= 15 is 0 Å². The van der Waals surface area contributed by atoms with Crippen LogP contribution in [0.2, 0.25) is 0 Å². The van der Waals surface area contributed by atoms with Crippen molar-refractivity contribution in [2.45, 2.75) is 58.4 Å². The summed E-state index contributed by atoms with van der Waals surface area (Å²) in [5.41, 5.74) is 2.91. The minimum absolute atomic E-state index is 0.103. The zero-order chi connectivity index (χ0) is 26.9. The van der Waals surface area contributed by atoms with E-state index in [1.807, 2.05) is 60.7 Å². The van der Waals surface area contributed by atoms with Gasteiger partial charge in [-0.3, -0.25) is 9.36 Å². The van der Waals surface area contributed by atoms with Crippen molar-refractivity contribution in [3.8, 4) is 11.1 Å². The lowest BCUT2D eigenvalue weighted by atomic mass is 9.99. The van der Waals surface area contributed by atoms with Gasteiger partial charge in [0.2, 0.25) is 0 Å². The van der Waals surface area contributed by atoms with Crippen LogP contribution in [0.1, 0.15) is 71.1 Å². The van der Waals surface area contributed by atoms with Crippen LogP contribution in [0.4, 0.5) is 0 Å². The molecule has 0 spiro atoms. The number of carboxylic acid groups (broad SMARTS) is 1. The smallest absolute Gasteiger partial charge is 0.353 e. The molecular formula is C31H33N3O4. The molecule has 4 aromatic rings. The van der Waals surface area contributed by atoms with Gasteiger partial charge in [0, 0.05) is 6.42 Å². The maximum absolute atomic E-state index is 13.3. The maximum Gasteiger partial charge on any atom is 0.353 e. The fraction of sp³-hybridized carbons (Fsp3) is 0.290. The van der Waals surface area contributed by atoms with Crippen molar-refractivity contribution in [1.82, 2.24) is 14.3 Å². The molecule has 0 unspecified atom stereocenters. The number of carboxylic acids is 1. The first-order chi connectivity index (χ1) is 18.5. The molecule has 1 N–H and O–H groups in total. The minimum Gasteiger partial charge on any atom is -0.478 e. The molecule has 7 heteroatoms. The molecule has 0 saturated carbocycles. The first kappa shape index (κ1) is 26.8. The van der Waals surface area contributed by atoms with Gasteiger partial charge < -0.3 is 5.11 Å². The van der Waals surface area contributed by atoms with Crippen LogP contribution < -0.4 is 5.69 Å². The lowest BCUT2D eigenvalue weighted by Crippen LogP contribution is -2.31. The highest BCUT2D eigenvalue weighted by Crippen LogP contribution is 2.24. The van der Waals surface area contributed by atoms with Gasteiger partial charge in [-0.2, -0.15) is 0 Å². The summed E-state index contributed by atoms with van der Waals surface area (Å²) in [5, 5.41) is 14.0. The third-order valence-corrected chi connectivity index (χ3v) is 6.64. The monoisotopic (exact) mass is 511 g/mol. The molecule has 0 saturated heterocycles. The van der Waals surface area contributed by atoms with Crippen LogP contribution in [-0.4, -0.2) is 31.3 Å². The van der Waals surface area contributed by atoms with Crippen molar-refractivity contribution in [3.05, 3.63) is 112 Å². The van der Waals surface area contributed by atoms with E-state index in [0.717, 1.165) is 47.1 Å². The number of rotatable bonds is 12. The normalized spacial score (nSPS) is 11.0. The van der Waals surface area contributed by atoms with E-state index in [0.29, 0.717) is 17.8 Å². The molecule has 196 valence electrons. The Morgan fingerprint density at radius 1 is 0.816 bits per heavy atom. The van der Waals surface area contributed by atoms with Gasteiger partial charge in [0.05, 0.1) is 18.5 Å². The second-order valence-corrected chi connectivity index (χ2v) is 9.46. The topological polar surface area (TPSA) is 94.2 Å². The number of carbonyl (C=O) groups is 2. The van der Waals surface area contributed by atoms with Crippen molar-refractivity contribution >= 4 is 11.9 Å². The first-order valence-corrected chi connectivity index (χ1v) is 13.2. The van der Waals surface area contributed by atoms with E-state index in [-0.39, 0.29) is 24.4 Å². The second-order valence-electron chi connectivity index (χ2n) is 9.46. The standard InChI is InChI=1S/C31H33N3O4/c1-2-3-4-5-9-16-28-32-34(29(35)21-23-12-7-6-8-13-23)31(38)33(28)22-24-17-19-25(20-18-24)26-14-10-11-15-27(26)30(36)37/h6-8,10-15,17-20H,2-5,9,16,21-22H2,1H3,(H,36,37). The number of aromatic nitrogens is 3. The van der Waals surface area contributed by atoms with E-state index in [1.165, 1.54) is 6.42 Å². The molecule has 0 atom stereocenters. The Balaban J connectivity index is 1.58. The van der Waals surface area contributed by atoms with E-state index in [1.54, 1.807) is 22.8 Å². The van der Waals surface area contributed by atoms with E-state index in [4.69, 9.17) is 0 Å². The third-order valence-electron chi connectivity index (χ3n) is 6.64. The fourth-order valence-electron chi connectivity index (χ4n) is 4.57. The molecule has 0 aliphatic rings. The van der Waals surface area contributed by atoms with Crippen LogP contribution in [0.3, 0.4) is 0 Å². The van der Waals surface area contributed by atoms with Crippen molar-refractivity contribution in [1.29, 1.82) is 0 Å². The zero-order valence-corrected chi connectivity index (χ0v) is 21.7. The summed E-state index contributed by atoms with van der Waals surface area (Å²) < 4.78 is 2.59. The van der Waals surface area contributed by atoms with Crippen molar-refractivity contribution in [2.24, 2.45) is 0 Å². The highest BCUT2D eigenvalue weighted by atomic mass is 16.4. The van der Waals surface area contributed by atoms with Gasteiger partial charge in [0.25, 0.3) is 5.91 Å². The fourth-order valence-corrected chi connectivity index (χ4v) is 4.57. The van der Waals surface area contributed by atoms with Gasteiger partial charge >= 0.3 is 11.7 Å². The number of aromatic carboxylic acids is 1. The largest absolute Gasteiger partial charge is 0.478 e. The number of hydrogen-bond donors (Lipinski definition) is 1. The molecule has 0 amide bonds. The molecule has 7 nitrogen and oxygen atoms in total. The lowest BCUT2D eigenvalue weighted by Gasteiger charge is -2.09. The molecule has 1 heterocycles. The van der Waals surface area contributed by atoms with Gasteiger partial charge in [-0.1, -0.05) is 105 Å². The van der Waals surface area contributed by atoms with E-state index in [9.17, 15) is 19.5 Å². The minimum atomic E-state index is -0.979. The van der Waals surface area contributed by atoms with Gasteiger partial charge in [0.1, 0.15) is 5.82 Å². The lowest BCUT2D eigenvalue weighted by molar-refractivity contribution is 0.0697. The third kappa shape index (κ3) is 6.54. The number of unbranched alkanes of at least 4 members (excludes halogenated alkanes) is 4. The van der Waals surface area contributed by atoms with Crippen LogP contribution in [0.5, 0.6) is 0 Å². The Morgan fingerprint density at radius 3 is 2.21 bits per heavy atom. The molecule has 1 aromatic heterocycles. The Morgan fingerprint density at radius 2 is 1.50 bits per heavy atom. The maximum atomic E-state index is 13.3. The van der Waals surface area contributed by atoms with Gasteiger partial charge in [-0.15, -0.1) is 9.78 Å². The Hall–Kier alpha value is -4.26. The summed E-state index contributed by atoms with van der Waals surface area (Å²) in [5.74, 6) is -0.728. The molecule has 0 fully saturated rings. The average molecular weight is 512 g/mol. The Bertz CT molecular complexity index is 1440. The van der Waals surface area contributed by atoms with Crippen LogP contribution in [-0.2, 0) is 19.4 Å². The summed E-state index contributed by atoms with van der Waals surface area (Å²) in [6, 6.07) is 23.7. The summed E-state index contributed by atoms with van der Waals surface area (Å²) in [6.45, 7) is 2.45. The van der Waals surface area contributed by atoms with Gasteiger partial charge in [-0.25, -0.2) is 9.59 Å². The predicted molar refractivity (Wildman–Crippen MR) is 148 cm³/mol. The predicted octanol–water partition coefficient (Wildman–Crippen LogP) is 5.85. The molecule has 0 bridgehead atoms. The summed E-state index contributed by atoms with van der Waals surface area (Å²) >= 11 is 0. The molecule has 0 aliphatic carbocycles. The average Bonchev–Trinajstić information content (AvgIpc) is 3.24. The first-order valence-electron chi connectivity index (χ1n) is 13.2. The van der Waals surface area contributed by atoms with Crippen molar-refractivity contribution in [2.75, 3.05) is 0 Å². The van der Waals surface area contributed by atoms with Crippen LogP contribution in [0.15, 0.2) is 83.7 Å². The van der Waals surface area contributed by atoms with Gasteiger partial charge in [0.15, 0.2) is 0 Å². The van der Waals surface area contributed by atoms with Crippen LogP contribution >= 0.6 is 0 Å². The quantitative estimate of drug-likeness (QED) is 0.241. The molecule has 38 heavy (non-hydrogen) atoms. The van der Waals surface area contributed by atoms with Gasteiger partial charge in [-0.05, 0) is 34.7 Å². The Kier molecular flexibility index (Phi) is 9.03. The summed E-state index contributed by atoms with van der Waals surface area (Å²) in [6.07, 6.45) is 6.13. The molecule has 0 aliphatic heterocycles.